The second-order valence-electron chi connectivity index (χ2n) is 8.60. The topological polar surface area (TPSA) is 97.7 Å². The molecule has 1 saturated carbocycles. The zero-order valence-corrected chi connectivity index (χ0v) is 19.1. The van der Waals surface area contributed by atoms with Crippen molar-refractivity contribution in [1.29, 1.82) is 0 Å². The number of hydrogen-bond acceptors (Lipinski definition) is 5. The minimum Gasteiger partial charge on any atom is -0.496 e. The highest BCUT2D eigenvalue weighted by atomic mass is 19.4. The fraction of sp³-hybridized carbons (Fsp3) is 0.333. The molecule has 2 N–H and O–H groups in total. The van der Waals surface area contributed by atoms with E-state index in [0.717, 1.165) is 40.7 Å². The van der Waals surface area contributed by atoms with E-state index in [2.05, 4.69) is 23.2 Å². The Hall–Kier alpha value is -3.89. The zero-order chi connectivity index (χ0) is 24.7. The summed E-state index contributed by atoms with van der Waals surface area (Å²) < 4.78 is 44.7. The molecule has 1 fully saturated rings. The number of halogens is 3. The molecular formula is C24H23F3N6O2. The lowest BCUT2D eigenvalue weighted by molar-refractivity contribution is -0.123. The first kappa shape index (κ1) is 22.9. The summed E-state index contributed by atoms with van der Waals surface area (Å²) in [5.74, 6) is 0.564. The molecule has 5 rings (SSSR count). The van der Waals surface area contributed by atoms with E-state index < -0.39 is 18.6 Å². The summed E-state index contributed by atoms with van der Waals surface area (Å²) in [6, 6.07) is 8.95. The van der Waals surface area contributed by atoms with Crippen molar-refractivity contribution in [2.24, 2.45) is 0 Å². The van der Waals surface area contributed by atoms with Crippen LogP contribution in [0.2, 0.25) is 0 Å². The highest BCUT2D eigenvalue weighted by Gasteiger charge is 2.30. The molecule has 2 aromatic carbocycles. The van der Waals surface area contributed by atoms with E-state index in [4.69, 9.17) is 14.8 Å². The molecule has 182 valence electrons. The molecular weight excluding hydrogens is 461 g/mol. The summed E-state index contributed by atoms with van der Waals surface area (Å²) in [5, 5.41) is 14.7. The van der Waals surface area contributed by atoms with Crippen molar-refractivity contribution in [2.75, 3.05) is 13.7 Å². The van der Waals surface area contributed by atoms with Gasteiger partial charge in [-0.05, 0) is 49.1 Å². The summed E-state index contributed by atoms with van der Waals surface area (Å²) in [7, 11) is 1.36. The Morgan fingerprint density at radius 2 is 2.06 bits per heavy atom. The summed E-state index contributed by atoms with van der Waals surface area (Å²) in [6.45, 7) is 0.636. The molecule has 8 nitrogen and oxygen atoms in total. The van der Waals surface area contributed by atoms with Crippen LogP contribution in [0.1, 0.15) is 46.2 Å². The standard InChI is InChI=1S/C24H23F3N6O2/c1-13-14(4-8-19-18(13)11-29-31-19)10-21-30-22(32-33(21)16-5-6-16)15-3-7-17(20(9-15)35-2)23(34)28-12-24(25,26)27/h3-4,7-9,11,16H,5-6,10,12H2,1-2H3,(H,28,34)(H,29,31). The van der Waals surface area contributed by atoms with Crippen molar-refractivity contribution >= 4 is 16.8 Å². The maximum atomic E-state index is 12.5. The molecule has 0 bridgehead atoms. The highest BCUT2D eigenvalue weighted by Crippen LogP contribution is 2.37. The monoisotopic (exact) mass is 484 g/mol. The Balaban J connectivity index is 1.44. The number of H-pyrrole nitrogens is 1. The Bertz CT molecular complexity index is 1400. The van der Waals surface area contributed by atoms with Gasteiger partial charge in [-0.3, -0.25) is 9.89 Å². The fourth-order valence-electron chi connectivity index (χ4n) is 4.07. The van der Waals surface area contributed by atoms with Crippen LogP contribution in [0.5, 0.6) is 5.75 Å². The quantitative estimate of drug-likeness (QED) is 0.406. The Labute approximate surface area is 198 Å². The molecule has 2 heterocycles. The van der Waals surface area contributed by atoms with E-state index in [1.54, 1.807) is 12.1 Å². The average molecular weight is 484 g/mol. The predicted octanol–water partition coefficient (Wildman–Crippen LogP) is 4.36. The van der Waals surface area contributed by atoms with Gasteiger partial charge in [0, 0.05) is 17.4 Å². The van der Waals surface area contributed by atoms with Gasteiger partial charge in [-0.1, -0.05) is 12.1 Å². The van der Waals surface area contributed by atoms with Crippen LogP contribution in [-0.4, -0.2) is 50.7 Å². The number of aromatic nitrogens is 5. The van der Waals surface area contributed by atoms with E-state index >= 15 is 0 Å². The molecule has 0 radical (unpaired) electrons. The minimum absolute atomic E-state index is 0.00592. The molecule has 1 aliphatic carbocycles. The lowest BCUT2D eigenvalue weighted by Crippen LogP contribution is -2.33. The van der Waals surface area contributed by atoms with Crippen LogP contribution in [0.25, 0.3) is 22.3 Å². The number of nitrogens with one attached hydrogen (secondary N) is 2. The van der Waals surface area contributed by atoms with E-state index in [9.17, 15) is 18.0 Å². The maximum Gasteiger partial charge on any atom is 0.405 e. The fourth-order valence-corrected chi connectivity index (χ4v) is 4.07. The molecule has 2 aromatic heterocycles. The summed E-state index contributed by atoms with van der Waals surface area (Å²) in [6.07, 6.45) is -0.0525. The molecule has 11 heteroatoms. The van der Waals surface area contributed by atoms with Crippen molar-refractivity contribution < 1.29 is 22.7 Å². The van der Waals surface area contributed by atoms with E-state index in [0.29, 0.717) is 23.9 Å². The number of alkyl halides is 3. The van der Waals surface area contributed by atoms with Crippen LogP contribution >= 0.6 is 0 Å². The van der Waals surface area contributed by atoms with Crippen LogP contribution < -0.4 is 10.1 Å². The number of nitrogens with zero attached hydrogens (tertiary/aromatic N) is 4. The third kappa shape index (κ3) is 4.71. The van der Waals surface area contributed by atoms with Crippen molar-refractivity contribution in [2.45, 2.75) is 38.4 Å². The number of amides is 1. The number of ether oxygens (including phenoxy) is 1. The number of carbonyl (C=O) groups is 1. The van der Waals surface area contributed by atoms with Gasteiger partial charge < -0.3 is 10.1 Å². The second kappa shape index (κ2) is 8.71. The summed E-state index contributed by atoms with van der Waals surface area (Å²) >= 11 is 0. The molecule has 0 atom stereocenters. The molecule has 0 spiro atoms. The molecule has 1 amide bonds. The van der Waals surface area contributed by atoms with Gasteiger partial charge in [-0.25, -0.2) is 9.67 Å². The van der Waals surface area contributed by atoms with Gasteiger partial charge in [0.15, 0.2) is 5.82 Å². The largest absolute Gasteiger partial charge is 0.496 e. The Kier molecular flexibility index (Phi) is 5.70. The van der Waals surface area contributed by atoms with E-state index in [1.165, 1.54) is 13.2 Å². The minimum atomic E-state index is -4.50. The summed E-state index contributed by atoms with van der Waals surface area (Å²) in [4.78, 5) is 17.0. The molecule has 35 heavy (non-hydrogen) atoms. The van der Waals surface area contributed by atoms with Crippen LogP contribution in [0.15, 0.2) is 36.5 Å². The number of hydrogen-bond donors (Lipinski definition) is 2. The molecule has 4 aromatic rings. The molecule has 1 aliphatic rings. The van der Waals surface area contributed by atoms with Gasteiger partial charge in [-0.15, -0.1) is 0 Å². The number of aromatic amines is 1. The van der Waals surface area contributed by atoms with E-state index in [1.807, 2.05) is 22.3 Å². The maximum absolute atomic E-state index is 12.5. The number of aryl methyl sites for hydroxylation is 1. The van der Waals surface area contributed by atoms with Gasteiger partial charge in [0.2, 0.25) is 0 Å². The number of rotatable bonds is 7. The third-order valence-electron chi connectivity index (χ3n) is 6.10. The number of fused-ring (bicyclic) bond motifs is 1. The predicted molar refractivity (Wildman–Crippen MR) is 122 cm³/mol. The van der Waals surface area contributed by atoms with Crippen LogP contribution in [0, 0.1) is 6.92 Å². The third-order valence-corrected chi connectivity index (χ3v) is 6.10. The molecule has 0 saturated heterocycles. The number of benzene rings is 2. The second-order valence-corrected chi connectivity index (χ2v) is 8.60. The average Bonchev–Trinajstić information content (AvgIpc) is 3.40. The van der Waals surface area contributed by atoms with Gasteiger partial charge in [0.1, 0.15) is 18.1 Å². The van der Waals surface area contributed by atoms with Crippen molar-refractivity contribution in [1.82, 2.24) is 30.3 Å². The van der Waals surface area contributed by atoms with Crippen molar-refractivity contribution in [3.63, 3.8) is 0 Å². The Morgan fingerprint density at radius 3 is 2.77 bits per heavy atom. The van der Waals surface area contributed by atoms with Gasteiger partial charge >= 0.3 is 6.18 Å². The first-order chi connectivity index (χ1) is 16.7. The van der Waals surface area contributed by atoms with Gasteiger partial charge in [-0.2, -0.15) is 23.4 Å². The highest BCUT2D eigenvalue weighted by molar-refractivity contribution is 5.97. The molecule has 0 unspecified atom stereocenters. The summed E-state index contributed by atoms with van der Waals surface area (Å²) in [5.41, 5.74) is 3.83. The van der Waals surface area contributed by atoms with Crippen molar-refractivity contribution in [3.05, 3.63) is 59.0 Å². The van der Waals surface area contributed by atoms with Gasteiger partial charge in [0.05, 0.1) is 30.4 Å². The van der Waals surface area contributed by atoms with Crippen LogP contribution in [-0.2, 0) is 6.42 Å². The Morgan fingerprint density at radius 1 is 1.26 bits per heavy atom. The first-order valence-corrected chi connectivity index (χ1v) is 11.1. The van der Waals surface area contributed by atoms with Crippen molar-refractivity contribution in [3.8, 4) is 17.1 Å². The number of methoxy groups -OCH3 is 1. The molecule has 0 aliphatic heterocycles. The zero-order valence-electron chi connectivity index (χ0n) is 19.1. The number of carbonyl (C=O) groups excluding carboxylic acids is 1. The lowest BCUT2D eigenvalue weighted by atomic mass is 10.0. The normalized spacial score (nSPS) is 13.9. The van der Waals surface area contributed by atoms with Crippen LogP contribution in [0.3, 0.4) is 0 Å². The SMILES string of the molecule is COc1cc(-c2nc(Cc3ccc4[nH]ncc4c3C)n(C3CC3)n2)ccc1C(=O)NCC(F)(F)F. The smallest absolute Gasteiger partial charge is 0.405 e. The lowest BCUT2D eigenvalue weighted by Gasteiger charge is -2.11. The van der Waals surface area contributed by atoms with Crippen LogP contribution in [0.4, 0.5) is 13.2 Å². The van der Waals surface area contributed by atoms with Gasteiger partial charge in [0.25, 0.3) is 5.91 Å². The first-order valence-electron chi connectivity index (χ1n) is 11.1. The van der Waals surface area contributed by atoms with E-state index in [-0.39, 0.29) is 11.3 Å².